The number of nitrogens with zero attached hydrogens (tertiary/aromatic N) is 1. The lowest BCUT2D eigenvalue weighted by Gasteiger charge is -2.09. The Morgan fingerprint density at radius 2 is 2.17 bits per heavy atom. The van der Waals surface area contributed by atoms with E-state index in [1.807, 2.05) is 6.92 Å². The first-order valence-corrected chi connectivity index (χ1v) is 7.64. The smallest absolute Gasteiger partial charge is 0.277 e. The molecule has 24 heavy (non-hydrogen) atoms. The molecule has 1 heterocycles. The molecule has 1 aromatic heterocycles. The summed E-state index contributed by atoms with van der Waals surface area (Å²) in [6.45, 7) is 1.84. The Labute approximate surface area is 142 Å². The number of halogens is 2. The van der Waals surface area contributed by atoms with E-state index in [0.717, 1.165) is 5.56 Å². The van der Waals surface area contributed by atoms with E-state index in [0.29, 0.717) is 28.5 Å². The molecule has 3 rings (SSSR count). The minimum absolute atomic E-state index is 0.0831. The van der Waals surface area contributed by atoms with Gasteiger partial charge in [-0.1, -0.05) is 22.8 Å². The van der Waals surface area contributed by atoms with Crippen molar-refractivity contribution in [2.45, 2.75) is 19.8 Å². The minimum atomic E-state index is -0.562. The zero-order chi connectivity index (χ0) is 17.3. The summed E-state index contributed by atoms with van der Waals surface area (Å²) in [5.74, 6) is -1.11. The Balaban J connectivity index is 1.79. The molecule has 1 aliphatic rings. The fourth-order valence-electron chi connectivity index (χ4n) is 2.33. The van der Waals surface area contributed by atoms with Gasteiger partial charge in [0.1, 0.15) is 11.6 Å². The molecule has 0 spiro atoms. The second-order valence-corrected chi connectivity index (χ2v) is 5.89. The fourth-order valence-corrected chi connectivity index (χ4v) is 2.50. The number of amides is 1. The highest BCUT2D eigenvalue weighted by atomic mass is 35.5. The minimum Gasteiger partial charge on any atom is -0.505 e. The van der Waals surface area contributed by atoms with Crippen LogP contribution < -0.4 is 5.32 Å². The SMILES string of the molecule is Cc1ccc(Cl)cc1NC(=O)c1cc(C2=CC(O)=C(F)CC2)on1. The monoisotopic (exact) mass is 348 g/mol. The number of aryl methyl sites for hydroxylation is 1. The lowest BCUT2D eigenvalue weighted by atomic mass is 10.0. The Morgan fingerprint density at radius 1 is 1.38 bits per heavy atom. The Bertz CT molecular complexity index is 870. The van der Waals surface area contributed by atoms with Gasteiger partial charge in [0.25, 0.3) is 5.91 Å². The van der Waals surface area contributed by atoms with E-state index in [-0.39, 0.29) is 12.1 Å². The highest BCUT2D eigenvalue weighted by Gasteiger charge is 2.20. The zero-order valence-corrected chi connectivity index (χ0v) is 13.5. The van der Waals surface area contributed by atoms with Gasteiger partial charge in [-0.05, 0) is 37.1 Å². The van der Waals surface area contributed by atoms with E-state index >= 15 is 0 Å². The van der Waals surface area contributed by atoms with Crippen molar-refractivity contribution in [3.8, 4) is 0 Å². The summed E-state index contributed by atoms with van der Waals surface area (Å²) in [7, 11) is 0. The number of anilines is 1. The van der Waals surface area contributed by atoms with Crippen LogP contribution >= 0.6 is 11.6 Å². The van der Waals surface area contributed by atoms with Crippen LogP contribution in [-0.2, 0) is 0 Å². The normalized spacial score (nSPS) is 14.5. The molecule has 1 aliphatic carbocycles. The molecule has 7 heteroatoms. The van der Waals surface area contributed by atoms with Crippen LogP contribution in [0.25, 0.3) is 5.57 Å². The highest BCUT2D eigenvalue weighted by Crippen LogP contribution is 2.30. The van der Waals surface area contributed by atoms with Crippen molar-refractivity contribution in [1.82, 2.24) is 5.16 Å². The van der Waals surface area contributed by atoms with Crippen LogP contribution in [0, 0.1) is 6.92 Å². The Hall–Kier alpha value is -2.60. The molecule has 0 radical (unpaired) electrons. The van der Waals surface area contributed by atoms with Crippen LogP contribution in [0.4, 0.5) is 10.1 Å². The summed E-state index contributed by atoms with van der Waals surface area (Å²) in [6, 6.07) is 6.63. The topological polar surface area (TPSA) is 75.4 Å². The maximum absolute atomic E-state index is 13.2. The van der Waals surface area contributed by atoms with E-state index in [9.17, 15) is 14.3 Å². The van der Waals surface area contributed by atoms with Crippen molar-refractivity contribution in [2.24, 2.45) is 0 Å². The van der Waals surface area contributed by atoms with Crippen molar-refractivity contribution in [1.29, 1.82) is 0 Å². The summed E-state index contributed by atoms with van der Waals surface area (Å²) < 4.78 is 18.3. The quantitative estimate of drug-likeness (QED) is 0.835. The van der Waals surface area contributed by atoms with Crippen molar-refractivity contribution in [3.63, 3.8) is 0 Å². The van der Waals surface area contributed by atoms with Gasteiger partial charge in [0.05, 0.1) is 0 Å². The molecule has 0 fully saturated rings. The summed E-state index contributed by atoms with van der Waals surface area (Å²) in [6.07, 6.45) is 1.73. The average molecular weight is 349 g/mol. The molecular formula is C17H14ClFN2O3. The highest BCUT2D eigenvalue weighted by molar-refractivity contribution is 6.31. The van der Waals surface area contributed by atoms with Gasteiger partial charge in [0.2, 0.25) is 0 Å². The summed E-state index contributed by atoms with van der Waals surface area (Å²) in [4.78, 5) is 12.3. The number of carbonyl (C=O) groups excluding carboxylic acids is 1. The number of hydrogen-bond acceptors (Lipinski definition) is 4. The van der Waals surface area contributed by atoms with Crippen LogP contribution in [0.1, 0.15) is 34.7 Å². The third-order valence-corrected chi connectivity index (χ3v) is 3.94. The molecule has 0 unspecified atom stereocenters. The van der Waals surface area contributed by atoms with Gasteiger partial charge in [-0.25, -0.2) is 4.39 Å². The van der Waals surface area contributed by atoms with E-state index in [4.69, 9.17) is 16.1 Å². The Kier molecular flexibility index (Phi) is 4.40. The van der Waals surface area contributed by atoms with Crippen LogP contribution in [0.3, 0.4) is 0 Å². The van der Waals surface area contributed by atoms with Crippen molar-refractivity contribution in [3.05, 3.63) is 64.0 Å². The lowest BCUT2D eigenvalue weighted by molar-refractivity contribution is 0.101. The van der Waals surface area contributed by atoms with E-state index < -0.39 is 17.5 Å². The number of carbonyl (C=O) groups is 1. The maximum atomic E-state index is 13.2. The van der Waals surface area contributed by atoms with E-state index in [2.05, 4.69) is 10.5 Å². The number of aliphatic hydroxyl groups excluding tert-OH is 1. The first kappa shape index (κ1) is 16.3. The fraction of sp³-hybridized carbons (Fsp3) is 0.176. The van der Waals surface area contributed by atoms with Crippen LogP contribution in [-0.4, -0.2) is 16.2 Å². The van der Waals surface area contributed by atoms with Crippen LogP contribution in [0.15, 0.2) is 46.5 Å². The summed E-state index contributed by atoms with van der Waals surface area (Å²) in [5, 5.41) is 16.4. The third-order valence-electron chi connectivity index (χ3n) is 3.71. The first-order valence-electron chi connectivity index (χ1n) is 7.27. The second-order valence-electron chi connectivity index (χ2n) is 5.45. The molecule has 1 aromatic carbocycles. The van der Waals surface area contributed by atoms with Gasteiger partial charge in [0.15, 0.2) is 11.5 Å². The van der Waals surface area contributed by atoms with Gasteiger partial charge in [-0.15, -0.1) is 0 Å². The lowest BCUT2D eigenvalue weighted by Crippen LogP contribution is -2.13. The maximum Gasteiger partial charge on any atom is 0.277 e. The van der Waals surface area contributed by atoms with Gasteiger partial charge in [-0.3, -0.25) is 4.79 Å². The number of benzene rings is 1. The third kappa shape index (κ3) is 3.33. The van der Waals surface area contributed by atoms with Crippen LogP contribution in [0.2, 0.25) is 5.02 Å². The largest absolute Gasteiger partial charge is 0.505 e. The number of nitrogens with one attached hydrogen (secondary N) is 1. The van der Waals surface area contributed by atoms with Gasteiger partial charge in [-0.2, -0.15) is 0 Å². The van der Waals surface area contributed by atoms with Crippen molar-refractivity contribution in [2.75, 3.05) is 5.32 Å². The molecule has 0 saturated heterocycles. The summed E-state index contributed by atoms with van der Waals surface area (Å²) >= 11 is 5.93. The molecule has 2 aromatic rings. The van der Waals surface area contributed by atoms with Gasteiger partial charge < -0.3 is 14.9 Å². The van der Waals surface area contributed by atoms with Crippen LogP contribution in [0.5, 0.6) is 0 Å². The first-order chi connectivity index (χ1) is 11.4. The average Bonchev–Trinajstić information content (AvgIpc) is 3.03. The predicted octanol–water partition coefficient (Wildman–Crippen LogP) is 4.81. The predicted molar refractivity (Wildman–Crippen MR) is 88.6 cm³/mol. The van der Waals surface area contributed by atoms with E-state index in [1.54, 1.807) is 18.2 Å². The number of rotatable bonds is 3. The standard InChI is InChI=1S/C17H14ClFN2O3/c1-9-2-4-11(18)7-13(9)20-17(23)14-8-16(24-21-14)10-3-5-12(19)15(22)6-10/h2,4,6-8,22H,3,5H2,1H3,(H,20,23). The number of aromatic nitrogens is 1. The second kappa shape index (κ2) is 6.49. The molecule has 0 aliphatic heterocycles. The molecule has 0 bridgehead atoms. The van der Waals surface area contributed by atoms with Gasteiger partial charge in [0, 0.05) is 28.8 Å². The molecule has 0 atom stereocenters. The molecule has 5 nitrogen and oxygen atoms in total. The molecule has 2 N–H and O–H groups in total. The van der Waals surface area contributed by atoms with Crippen molar-refractivity contribution >= 4 is 28.8 Å². The number of allylic oxidation sites excluding steroid dienone is 3. The number of aliphatic hydroxyl groups is 1. The Morgan fingerprint density at radius 3 is 2.92 bits per heavy atom. The molecule has 1 amide bonds. The molecule has 0 saturated carbocycles. The zero-order valence-electron chi connectivity index (χ0n) is 12.8. The molecule has 124 valence electrons. The number of hydrogen-bond donors (Lipinski definition) is 2. The van der Waals surface area contributed by atoms with E-state index in [1.165, 1.54) is 12.1 Å². The van der Waals surface area contributed by atoms with Crippen molar-refractivity contribution < 1.29 is 18.8 Å². The summed E-state index contributed by atoms with van der Waals surface area (Å²) in [5.41, 5.74) is 2.10. The molecular weight excluding hydrogens is 335 g/mol. The van der Waals surface area contributed by atoms with Gasteiger partial charge >= 0.3 is 0 Å².